The van der Waals surface area contributed by atoms with Crippen LogP contribution in [0.2, 0.25) is 0 Å². The van der Waals surface area contributed by atoms with E-state index in [4.69, 9.17) is 18.6 Å². The number of carbonyl (C=O) groups excluding carboxylic acids is 2. The van der Waals surface area contributed by atoms with Crippen molar-refractivity contribution >= 4 is 11.9 Å². The monoisotopic (exact) mass is 388 g/mol. The molecule has 28 heavy (non-hydrogen) atoms. The van der Waals surface area contributed by atoms with Crippen molar-refractivity contribution in [1.29, 1.82) is 0 Å². The molecule has 6 rings (SSSR count). The summed E-state index contributed by atoms with van der Waals surface area (Å²) in [5.41, 5.74) is -3.64. The van der Waals surface area contributed by atoms with Gasteiger partial charge in [0.25, 0.3) is 0 Å². The molecule has 7 unspecified atom stereocenters. The van der Waals surface area contributed by atoms with Gasteiger partial charge < -0.3 is 28.8 Å². The lowest BCUT2D eigenvalue weighted by atomic mass is 9.43. The Labute approximate surface area is 160 Å². The van der Waals surface area contributed by atoms with Gasteiger partial charge >= 0.3 is 11.9 Å². The summed E-state index contributed by atoms with van der Waals surface area (Å²) in [6.07, 6.45) is 3.05. The van der Waals surface area contributed by atoms with E-state index in [1.165, 1.54) is 18.6 Å². The van der Waals surface area contributed by atoms with E-state index in [9.17, 15) is 19.8 Å². The maximum absolute atomic E-state index is 13.0. The maximum Gasteiger partial charge on any atom is 0.339 e. The molecule has 5 aliphatic rings. The van der Waals surface area contributed by atoms with Gasteiger partial charge in [-0.15, -0.1) is 0 Å². The Kier molecular flexibility index (Phi) is 2.81. The largest absolute Gasteiger partial charge is 0.472 e. The van der Waals surface area contributed by atoms with Crippen LogP contribution in [0.1, 0.15) is 37.9 Å². The lowest BCUT2D eigenvalue weighted by molar-refractivity contribution is -0.246. The van der Waals surface area contributed by atoms with Gasteiger partial charge in [-0.1, -0.05) is 6.92 Å². The van der Waals surface area contributed by atoms with E-state index >= 15 is 0 Å². The quantitative estimate of drug-likeness (QED) is 0.535. The minimum absolute atomic E-state index is 0.123. The zero-order chi connectivity index (χ0) is 19.5. The SMILES string of the molecule is CC12CC(c3ccoc3)OC(=O)C1(O)CCC13COC(=O)C1=CC(O)C1OC132. The second-order valence-electron chi connectivity index (χ2n) is 8.85. The minimum atomic E-state index is -1.78. The van der Waals surface area contributed by atoms with Crippen molar-refractivity contribution < 1.29 is 38.4 Å². The number of furan rings is 1. The normalized spacial score (nSPS) is 51.1. The summed E-state index contributed by atoms with van der Waals surface area (Å²) in [6, 6.07) is 1.72. The van der Waals surface area contributed by atoms with Crippen molar-refractivity contribution in [1.82, 2.24) is 0 Å². The number of hydrogen-bond acceptors (Lipinski definition) is 8. The molecule has 7 atom stereocenters. The summed E-state index contributed by atoms with van der Waals surface area (Å²) in [5.74, 6) is -1.17. The number of hydrogen-bond donors (Lipinski definition) is 2. The minimum Gasteiger partial charge on any atom is -0.472 e. The predicted molar refractivity (Wildman–Crippen MR) is 89.5 cm³/mol. The highest BCUT2D eigenvalue weighted by molar-refractivity contribution is 5.94. The van der Waals surface area contributed by atoms with Crippen LogP contribution in [-0.4, -0.2) is 52.2 Å². The molecule has 1 aromatic rings. The maximum atomic E-state index is 13.0. The molecule has 1 aromatic heterocycles. The molecular formula is C20H20O8. The highest BCUT2D eigenvalue weighted by Crippen LogP contribution is 2.77. The smallest absolute Gasteiger partial charge is 0.339 e. The van der Waals surface area contributed by atoms with Crippen molar-refractivity contribution in [3.05, 3.63) is 35.8 Å². The van der Waals surface area contributed by atoms with E-state index < -0.39 is 52.3 Å². The molecule has 4 fully saturated rings. The van der Waals surface area contributed by atoms with E-state index in [0.717, 1.165) is 0 Å². The fourth-order valence-corrected chi connectivity index (χ4v) is 6.47. The van der Waals surface area contributed by atoms with Crippen molar-refractivity contribution in [2.75, 3.05) is 6.61 Å². The number of ether oxygens (including phenoxy) is 3. The molecule has 148 valence electrons. The number of aliphatic hydroxyl groups excluding tert-OH is 1. The standard InChI is InChI=1S/C20H20O8/c1-17-7-13(10-2-5-25-8-10)27-16(23)19(17,24)4-3-18-9-26-15(22)11(18)6-12(21)14-20(17,18)28-14/h2,5-6,8,12-14,21,24H,3-4,7,9H2,1H3. The highest BCUT2D eigenvalue weighted by Gasteiger charge is 2.89. The van der Waals surface area contributed by atoms with Crippen LogP contribution in [0.25, 0.3) is 0 Å². The molecule has 1 saturated carbocycles. The van der Waals surface area contributed by atoms with Crippen LogP contribution < -0.4 is 0 Å². The van der Waals surface area contributed by atoms with Crippen molar-refractivity contribution in [3.8, 4) is 0 Å². The van der Waals surface area contributed by atoms with Crippen molar-refractivity contribution in [3.63, 3.8) is 0 Å². The predicted octanol–water partition coefficient (Wildman–Crippen LogP) is 0.780. The van der Waals surface area contributed by atoms with Gasteiger partial charge in [-0.05, 0) is 25.0 Å². The number of cyclic esters (lactones) is 2. The lowest BCUT2D eigenvalue weighted by Crippen LogP contribution is -2.73. The molecule has 0 bridgehead atoms. The molecule has 4 heterocycles. The Morgan fingerprint density at radius 2 is 2.07 bits per heavy atom. The van der Waals surface area contributed by atoms with Gasteiger partial charge in [-0.25, -0.2) is 9.59 Å². The first-order chi connectivity index (χ1) is 13.3. The number of esters is 2. The van der Waals surface area contributed by atoms with Crippen LogP contribution in [-0.2, 0) is 23.8 Å². The van der Waals surface area contributed by atoms with Crippen LogP contribution in [0, 0.1) is 10.8 Å². The Hall–Kier alpha value is -2.16. The first kappa shape index (κ1) is 16.8. The van der Waals surface area contributed by atoms with Gasteiger partial charge in [0, 0.05) is 23.0 Å². The summed E-state index contributed by atoms with van der Waals surface area (Å²) in [4.78, 5) is 25.4. The molecule has 2 spiro atoms. The van der Waals surface area contributed by atoms with Gasteiger partial charge in [0.05, 0.1) is 17.9 Å². The number of fused-ring (bicyclic) bond motifs is 1. The number of carbonyl (C=O) groups is 2. The molecule has 0 aromatic carbocycles. The average Bonchev–Trinajstić information content (AvgIpc) is 3.07. The van der Waals surface area contributed by atoms with E-state index in [-0.39, 0.29) is 19.4 Å². The molecule has 0 radical (unpaired) electrons. The zero-order valence-electron chi connectivity index (χ0n) is 15.2. The van der Waals surface area contributed by atoms with Crippen LogP contribution in [0.5, 0.6) is 0 Å². The molecule has 3 saturated heterocycles. The van der Waals surface area contributed by atoms with Gasteiger partial charge in [0.15, 0.2) is 5.60 Å². The summed E-state index contributed by atoms with van der Waals surface area (Å²) < 4.78 is 22.3. The van der Waals surface area contributed by atoms with Crippen molar-refractivity contribution in [2.45, 2.75) is 55.7 Å². The first-order valence-electron chi connectivity index (χ1n) is 9.50. The Balaban J connectivity index is 1.54. The summed E-state index contributed by atoms with van der Waals surface area (Å²) >= 11 is 0. The highest BCUT2D eigenvalue weighted by atomic mass is 16.6. The van der Waals surface area contributed by atoms with Gasteiger partial charge in [0.1, 0.15) is 30.5 Å². The fourth-order valence-electron chi connectivity index (χ4n) is 6.47. The Bertz CT molecular complexity index is 936. The van der Waals surface area contributed by atoms with E-state index in [1.54, 1.807) is 13.0 Å². The first-order valence-corrected chi connectivity index (χ1v) is 9.50. The zero-order valence-corrected chi connectivity index (χ0v) is 15.2. The molecule has 8 nitrogen and oxygen atoms in total. The van der Waals surface area contributed by atoms with Crippen molar-refractivity contribution in [2.24, 2.45) is 10.8 Å². The van der Waals surface area contributed by atoms with Gasteiger partial charge in [-0.2, -0.15) is 0 Å². The summed E-state index contributed by atoms with van der Waals surface area (Å²) in [7, 11) is 0. The van der Waals surface area contributed by atoms with Gasteiger partial charge in [0.2, 0.25) is 0 Å². The third kappa shape index (κ3) is 1.51. The lowest BCUT2D eigenvalue weighted by Gasteiger charge is -2.60. The number of rotatable bonds is 1. The molecule has 8 heteroatoms. The van der Waals surface area contributed by atoms with E-state index in [1.807, 2.05) is 0 Å². The second-order valence-corrected chi connectivity index (χ2v) is 8.85. The Morgan fingerprint density at radius 1 is 1.25 bits per heavy atom. The number of aliphatic hydroxyl groups is 2. The number of epoxide rings is 1. The fraction of sp³-hybridized carbons (Fsp3) is 0.600. The molecular weight excluding hydrogens is 368 g/mol. The van der Waals surface area contributed by atoms with Gasteiger partial charge in [-0.3, -0.25) is 0 Å². The molecule has 2 aliphatic carbocycles. The summed E-state index contributed by atoms with van der Waals surface area (Å²) in [5, 5.41) is 22.1. The topological polar surface area (TPSA) is 119 Å². The molecule has 2 N–H and O–H groups in total. The van der Waals surface area contributed by atoms with Crippen LogP contribution in [0.4, 0.5) is 0 Å². The van der Waals surface area contributed by atoms with E-state index in [2.05, 4.69) is 0 Å². The van der Waals surface area contributed by atoms with Crippen LogP contribution in [0.3, 0.4) is 0 Å². The third-order valence-electron chi connectivity index (χ3n) is 7.94. The molecule has 0 amide bonds. The van der Waals surface area contributed by atoms with E-state index in [0.29, 0.717) is 17.6 Å². The Morgan fingerprint density at radius 3 is 2.82 bits per heavy atom. The van der Waals surface area contributed by atoms with Crippen LogP contribution in [0.15, 0.2) is 34.7 Å². The molecule has 3 aliphatic heterocycles. The average molecular weight is 388 g/mol. The summed E-state index contributed by atoms with van der Waals surface area (Å²) in [6.45, 7) is 1.93. The third-order valence-corrected chi connectivity index (χ3v) is 7.94. The second kappa shape index (κ2) is 4.69. The van der Waals surface area contributed by atoms with Crippen LogP contribution >= 0.6 is 0 Å².